The third-order valence-electron chi connectivity index (χ3n) is 3.54. The lowest BCUT2D eigenvalue weighted by molar-refractivity contribution is -0.130. The molecule has 2 aromatic rings. The Balaban J connectivity index is 1.67. The van der Waals surface area contributed by atoms with Crippen LogP contribution in [0.1, 0.15) is 12.8 Å². The molecule has 21 heavy (non-hydrogen) atoms. The van der Waals surface area contributed by atoms with Crippen LogP contribution in [-0.4, -0.2) is 48.7 Å². The van der Waals surface area contributed by atoms with Crippen LogP contribution in [0.3, 0.4) is 0 Å². The molecule has 3 rings (SSSR count). The van der Waals surface area contributed by atoms with Gasteiger partial charge in [0.15, 0.2) is 0 Å². The first-order valence-electron chi connectivity index (χ1n) is 7.08. The third kappa shape index (κ3) is 3.01. The zero-order valence-corrected chi connectivity index (χ0v) is 11.9. The number of amides is 1. The van der Waals surface area contributed by atoms with Crippen molar-refractivity contribution in [1.29, 1.82) is 0 Å². The van der Waals surface area contributed by atoms with E-state index in [1.54, 1.807) is 27.8 Å². The Kier molecular flexibility index (Phi) is 3.81. The molecule has 0 bridgehead atoms. The number of hydrogen-bond donors (Lipinski definition) is 0. The molecule has 7 nitrogen and oxygen atoms in total. The van der Waals surface area contributed by atoms with Gasteiger partial charge in [0.1, 0.15) is 12.2 Å². The van der Waals surface area contributed by atoms with Crippen LogP contribution in [0.2, 0.25) is 0 Å². The summed E-state index contributed by atoms with van der Waals surface area (Å²) in [4.78, 5) is 13.9. The van der Waals surface area contributed by atoms with Crippen molar-refractivity contribution in [2.45, 2.75) is 25.9 Å². The molecule has 0 aromatic carbocycles. The second kappa shape index (κ2) is 5.90. The number of likely N-dealkylation sites (tertiary alicyclic amines) is 1. The second-order valence-corrected chi connectivity index (χ2v) is 5.13. The number of aromatic nitrogens is 5. The maximum Gasteiger partial charge on any atom is 0.244 e. The topological polar surface area (TPSA) is 68.8 Å². The predicted octanol–water partition coefficient (Wildman–Crippen LogP) is 0.950. The van der Waals surface area contributed by atoms with Crippen LogP contribution in [-0.2, 0) is 17.9 Å². The zero-order chi connectivity index (χ0) is 14.7. The fourth-order valence-electron chi connectivity index (χ4n) is 2.44. The lowest BCUT2D eigenvalue weighted by Gasteiger charge is -2.14. The SMILES string of the molecule is C=CCn1cc(-c2cn(CC(=O)N3CCCC3)nn2)cn1. The summed E-state index contributed by atoms with van der Waals surface area (Å²) in [6.45, 7) is 6.29. The Hall–Kier alpha value is -2.44. The summed E-state index contributed by atoms with van der Waals surface area (Å²) in [6, 6.07) is 0. The van der Waals surface area contributed by atoms with Gasteiger partial charge in [0, 0.05) is 24.8 Å². The van der Waals surface area contributed by atoms with Gasteiger partial charge < -0.3 is 4.90 Å². The summed E-state index contributed by atoms with van der Waals surface area (Å²) < 4.78 is 3.36. The van der Waals surface area contributed by atoms with E-state index in [-0.39, 0.29) is 12.5 Å². The van der Waals surface area contributed by atoms with Crippen LogP contribution in [0.15, 0.2) is 31.2 Å². The van der Waals surface area contributed by atoms with Crippen molar-refractivity contribution >= 4 is 5.91 Å². The Morgan fingerprint density at radius 1 is 1.29 bits per heavy atom. The van der Waals surface area contributed by atoms with Crippen molar-refractivity contribution < 1.29 is 4.79 Å². The molecule has 1 aliphatic rings. The fraction of sp³-hybridized carbons (Fsp3) is 0.429. The second-order valence-electron chi connectivity index (χ2n) is 5.13. The minimum Gasteiger partial charge on any atom is -0.341 e. The van der Waals surface area contributed by atoms with Gasteiger partial charge in [-0.3, -0.25) is 9.48 Å². The average Bonchev–Trinajstić information content (AvgIpc) is 3.20. The summed E-state index contributed by atoms with van der Waals surface area (Å²) in [5, 5.41) is 12.3. The van der Waals surface area contributed by atoms with Gasteiger partial charge in [0.05, 0.1) is 18.9 Å². The maximum absolute atomic E-state index is 12.1. The van der Waals surface area contributed by atoms with E-state index in [0.717, 1.165) is 37.2 Å². The monoisotopic (exact) mass is 286 g/mol. The van der Waals surface area contributed by atoms with Crippen molar-refractivity contribution in [1.82, 2.24) is 29.7 Å². The third-order valence-corrected chi connectivity index (χ3v) is 3.54. The van der Waals surface area contributed by atoms with E-state index in [4.69, 9.17) is 0 Å². The van der Waals surface area contributed by atoms with E-state index in [0.29, 0.717) is 6.54 Å². The van der Waals surface area contributed by atoms with E-state index in [9.17, 15) is 4.79 Å². The highest BCUT2D eigenvalue weighted by Crippen LogP contribution is 2.15. The number of carbonyl (C=O) groups is 1. The Morgan fingerprint density at radius 2 is 2.10 bits per heavy atom. The van der Waals surface area contributed by atoms with Crippen LogP contribution < -0.4 is 0 Å². The van der Waals surface area contributed by atoms with E-state index in [1.165, 1.54) is 0 Å². The first-order valence-corrected chi connectivity index (χ1v) is 7.08. The highest BCUT2D eigenvalue weighted by molar-refractivity contribution is 5.76. The van der Waals surface area contributed by atoms with Crippen molar-refractivity contribution in [3.05, 3.63) is 31.2 Å². The maximum atomic E-state index is 12.1. The molecule has 3 heterocycles. The van der Waals surface area contributed by atoms with Gasteiger partial charge >= 0.3 is 0 Å². The first-order chi connectivity index (χ1) is 10.3. The normalized spacial score (nSPS) is 14.6. The molecule has 1 fully saturated rings. The van der Waals surface area contributed by atoms with Crippen LogP contribution in [0, 0.1) is 0 Å². The fourth-order valence-corrected chi connectivity index (χ4v) is 2.44. The molecule has 0 N–H and O–H groups in total. The molecule has 1 aliphatic heterocycles. The van der Waals surface area contributed by atoms with Crippen molar-refractivity contribution in [2.24, 2.45) is 0 Å². The lowest BCUT2D eigenvalue weighted by atomic mass is 10.3. The molecule has 0 unspecified atom stereocenters. The number of rotatable bonds is 5. The van der Waals surface area contributed by atoms with Crippen LogP contribution in [0.4, 0.5) is 0 Å². The van der Waals surface area contributed by atoms with Gasteiger partial charge in [-0.05, 0) is 12.8 Å². The minimum atomic E-state index is 0.103. The molecule has 7 heteroatoms. The first kappa shape index (κ1) is 13.5. The molecule has 0 atom stereocenters. The van der Waals surface area contributed by atoms with Crippen molar-refractivity contribution in [2.75, 3.05) is 13.1 Å². The van der Waals surface area contributed by atoms with E-state index < -0.39 is 0 Å². The highest BCUT2D eigenvalue weighted by atomic mass is 16.2. The number of allylic oxidation sites excluding steroid dienone is 1. The van der Waals surface area contributed by atoms with Crippen LogP contribution >= 0.6 is 0 Å². The number of hydrogen-bond acceptors (Lipinski definition) is 4. The quantitative estimate of drug-likeness (QED) is 0.767. The van der Waals surface area contributed by atoms with E-state index in [1.807, 2.05) is 11.1 Å². The van der Waals surface area contributed by atoms with Gasteiger partial charge in [-0.1, -0.05) is 11.3 Å². The summed E-state index contributed by atoms with van der Waals surface area (Å²) in [7, 11) is 0. The smallest absolute Gasteiger partial charge is 0.244 e. The molecule has 0 saturated carbocycles. The largest absolute Gasteiger partial charge is 0.341 e. The average molecular weight is 286 g/mol. The molecule has 0 aliphatic carbocycles. The molecule has 110 valence electrons. The summed E-state index contributed by atoms with van der Waals surface area (Å²) in [5.41, 5.74) is 1.61. The summed E-state index contributed by atoms with van der Waals surface area (Å²) in [5.74, 6) is 0.103. The van der Waals surface area contributed by atoms with Gasteiger partial charge in [0.2, 0.25) is 5.91 Å². The van der Waals surface area contributed by atoms with Crippen molar-refractivity contribution in [3.8, 4) is 11.3 Å². The highest BCUT2D eigenvalue weighted by Gasteiger charge is 2.18. The van der Waals surface area contributed by atoms with Gasteiger partial charge in [0.25, 0.3) is 0 Å². The van der Waals surface area contributed by atoms with Crippen molar-refractivity contribution in [3.63, 3.8) is 0 Å². The molecule has 0 spiro atoms. The molecule has 1 saturated heterocycles. The lowest BCUT2D eigenvalue weighted by Crippen LogP contribution is -2.31. The number of nitrogens with zero attached hydrogens (tertiary/aromatic N) is 6. The Labute approximate surface area is 122 Å². The molecular formula is C14H18N6O. The molecule has 2 aromatic heterocycles. The summed E-state index contributed by atoms with van der Waals surface area (Å²) >= 11 is 0. The molecule has 1 amide bonds. The standard InChI is InChI=1S/C14H18N6O/c1-2-5-19-9-12(8-15-19)13-10-20(17-16-13)11-14(21)18-6-3-4-7-18/h2,8-10H,1,3-7,11H2. The minimum absolute atomic E-state index is 0.103. The summed E-state index contributed by atoms with van der Waals surface area (Å²) in [6.07, 6.45) is 9.37. The zero-order valence-electron chi connectivity index (χ0n) is 11.9. The number of carbonyl (C=O) groups excluding carboxylic acids is 1. The van der Waals surface area contributed by atoms with E-state index in [2.05, 4.69) is 22.0 Å². The predicted molar refractivity (Wildman–Crippen MR) is 77.3 cm³/mol. The van der Waals surface area contributed by atoms with Gasteiger partial charge in [-0.25, -0.2) is 4.68 Å². The Bertz CT molecular complexity index is 637. The van der Waals surface area contributed by atoms with Gasteiger partial charge in [-0.2, -0.15) is 5.10 Å². The van der Waals surface area contributed by atoms with Gasteiger partial charge in [-0.15, -0.1) is 11.7 Å². The van der Waals surface area contributed by atoms with Crippen LogP contribution in [0.25, 0.3) is 11.3 Å². The van der Waals surface area contributed by atoms with E-state index >= 15 is 0 Å². The molecule has 0 radical (unpaired) electrons. The Morgan fingerprint density at radius 3 is 2.86 bits per heavy atom. The van der Waals surface area contributed by atoms with Crippen LogP contribution in [0.5, 0.6) is 0 Å². The molecular weight excluding hydrogens is 268 g/mol.